The first-order chi connectivity index (χ1) is 14.8. The molecule has 4 rings (SSSR count). The Morgan fingerprint density at radius 3 is 2.39 bits per heavy atom. The molecule has 3 aromatic carbocycles. The number of pyridine rings is 1. The molecule has 4 aromatic rings. The van der Waals surface area contributed by atoms with Gasteiger partial charge in [0.1, 0.15) is 5.82 Å². The first kappa shape index (κ1) is 20.5. The number of benzene rings is 3. The Morgan fingerprint density at radius 2 is 1.68 bits per heavy atom. The Kier molecular flexibility index (Phi) is 5.16. The van der Waals surface area contributed by atoms with Crippen LogP contribution in [0.1, 0.15) is 10.4 Å². The third-order valence-corrected chi connectivity index (χ3v) is 6.70. The Hall–Kier alpha value is -3.78. The monoisotopic (exact) mass is 437 g/mol. The van der Waals surface area contributed by atoms with Crippen molar-refractivity contribution in [1.29, 1.82) is 0 Å². The number of rotatable bonds is 4. The Balaban J connectivity index is 1.83. The van der Waals surface area contributed by atoms with E-state index in [1.165, 1.54) is 67.8 Å². The first-order valence-electron chi connectivity index (χ1n) is 9.17. The molecule has 0 N–H and O–H groups in total. The van der Waals surface area contributed by atoms with Gasteiger partial charge in [-0.3, -0.25) is 0 Å². The van der Waals surface area contributed by atoms with Crippen LogP contribution in [0.2, 0.25) is 0 Å². The molecule has 0 aliphatic carbocycles. The molecule has 0 radical (unpaired) electrons. The van der Waals surface area contributed by atoms with Crippen LogP contribution >= 0.6 is 0 Å². The average Bonchev–Trinajstić information content (AvgIpc) is 2.79. The molecule has 8 heteroatoms. The number of fused-ring (bicyclic) bond motifs is 1. The molecule has 0 spiro atoms. The SMILES string of the molecule is COC(=O)c1ccccc1S(=O)(=O)c1ccc2c(ccc(-c3ccc(F)cc3)[n+]2[O-])c1. The number of ether oxygens (including phenoxy) is 1. The van der Waals surface area contributed by atoms with Gasteiger partial charge in [-0.15, -0.1) is 0 Å². The van der Waals surface area contributed by atoms with E-state index in [1.807, 2.05) is 0 Å². The Labute approximate surface area is 177 Å². The van der Waals surface area contributed by atoms with Gasteiger partial charge in [-0.2, -0.15) is 4.73 Å². The number of carbonyl (C=O) groups excluding carboxylic acids is 1. The largest absolute Gasteiger partial charge is 0.618 e. The summed E-state index contributed by atoms with van der Waals surface area (Å²) in [5, 5.41) is 13.2. The number of aromatic nitrogens is 1. The van der Waals surface area contributed by atoms with Crippen LogP contribution in [-0.2, 0) is 14.6 Å². The summed E-state index contributed by atoms with van der Waals surface area (Å²) < 4.78 is 44.9. The summed E-state index contributed by atoms with van der Waals surface area (Å²) in [5.74, 6) is -1.18. The van der Waals surface area contributed by atoms with Gasteiger partial charge in [-0.05, 0) is 54.6 Å². The quantitative estimate of drug-likeness (QED) is 0.275. The normalized spacial score (nSPS) is 11.4. The third kappa shape index (κ3) is 3.62. The molecule has 31 heavy (non-hydrogen) atoms. The smallest absolute Gasteiger partial charge is 0.339 e. The van der Waals surface area contributed by atoms with Crippen molar-refractivity contribution < 1.29 is 27.1 Å². The van der Waals surface area contributed by atoms with E-state index in [-0.39, 0.29) is 20.9 Å². The maximum Gasteiger partial charge on any atom is 0.339 e. The lowest BCUT2D eigenvalue weighted by Crippen LogP contribution is -2.30. The van der Waals surface area contributed by atoms with Crippen LogP contribution in [0, 0.1) is 11.0 Å². The summed E-state index contributed by atoms with van der Waals surface area (Å²) in [4.78, 5) is 11.8. The molecule has 6 nitrogen and oxygen atoms in total. The van der Waals surface area contributed by atoms with Gasteiger partial charge in [-0.25, -0.2) is 17.6 Å². The molecule has 1 heterocycles. The fourth-order valence-electron chi connectivity index (χ4n) is 3.33. The van der Waals surface area contributed by atoms with E-state index in [1.54, 1.807) is 18.2 Å². The van der Waals surface area contributed by atoms with Gasteiger partial charge < -0.3 is 9.94 Å². The van der Waals surface area contributed by atoms with E-state index in [0.29, 0.717) is 21.4 Å². The van der Waals surface area contributed by atoms with Crippen LogP contribution in [0.25, 0.3) is 22.2 Å². The highest BCUT2D eigenvalue weighted by Gasteiger charge is 2.25. The lowest BCUT2D eigenvalue weighted by atomic mass is 10.1. The molecule has 0 atom stereocenters. The standard InChI is InChI=1S/C23H16FNO5S/c1-30-23(26)19-4-2-3-5-22(19)31(28,29)18-11-13-21-16(14-18)8-12-20(25(21)27)15-6-9-17(24)10-7-15/h2-14H,1H3. The summed E-state index contributed by atoms with van der Waals surface area (Å²) in [5.41, 5.74) is 1.01. The van der Waals surface area contributed by atoms with E-state index in [0.717, 1.165) is 0 Å². The topological polar surface area (TPSA) is 87.4 Å². The zero-order valence-corrected chi connectivity index (χ0v) is 17.1. The molecule has 1 aromatic heterocycles. The summed E-state index contributed by atoms with van der Waals surface area (Å²) >= 11 is 0. The predicted molar refractivity (Wildman–Crippen MR) is 112 cm³/mol. The second kappa shape index (κ2) is 7.81. The molecule has 0 amide bonds. The van der Waals surface area contributed by atoms with Gasteiger partial charge in [-0.1, -0.05) is 12.1 Å². The highest BCUT2D eigenvalue weighted by Crippen LogP contribution is 2.28. The summed E-state index contributed by atoms with van der Waals surface area (Å²) in [7, 11) is -2.88. The number of esters is 1. The van der Waals surface area contributed by atoms with Gasteiger partial charge in [0.2, 0.25) is 21.0 Å². The van der Waals surface area contributed by atoms with E-state index < -0.39 is 21.6 Å². The highest BCUT2D eigenvalue weighted by atomic mass is 32.2. The highest BCUT2D eigenvalue weighted by molar-refractivity contribution is 7.91. The van der Waals surface area contributed by atoms with Gasteiger partial charge >= 0.3 is 5.97 Å². The maximum absolute atomic E-state index is 13.2. The first-order valence-corrected chi connectivity index (χ1v) is 10.7. The van der Waals surface area contributed by atoms with E-state index in [2.05, 4.69) is 4.74 Å². The number of sulfone groups is 1. The molecule has 0 aliphatic rings. The van der Waals surface area contributed by atoms with Crippen molar-refractivity contribution in [2.75, 3.05) is 7.11 Å². The van der Waals surface area contributed by atoms with Crippen molar-refractivity contribution in [3.63, 3.8) is 0 Å². The fraction of sp³-hybridized carbons (Fsp3) is 0.0435. The minimum atomic E-state index is -4.05. The Morgan fingerprint density at radius 1 is 0.968 bits per heavy atom. The van der Waals surface area contributed by atoms with Crippen molar-refractivity contribution in [3.8, 4) is 11.3 Å². The third-order valence-electron chi connectivity index (χ3n) is 4.89. The molecule has 0 fully saturated rings. The lowest BCUT2D eigenvalue weighted by molar-refractivity contribution is -0.565. The minimum absolute atomic E-state index is 0.0640. The zero-order valence-electron chi connectivity index (χ0n) is 16.3. The zero-order chi connectivity index (χ0) is 22.2. The average molecular weight is 437 g/mol. The van der Waals surface area contributed by atoms with Crippen LogP contribution in [0.3, 0.4) is 0 Å². The molecular weight excluding hydrogens is 421 g/mol. The number of carbonyl (C=O) groups is 1. The van der Waals surface area contributed by atoms with Crippen LogP contribution in [0.15, 0.2) is 88.7 Å². The Bertz CT molecular complexity index is 1420. The van der Waals surface area contributed by atoms with Gasteiger partial charge in [0.25, 0.3) is 0 Å². The van der Waals surface area contributed by atoms with Crippen molar-refractivity contribution >= 4 is 26.7 Å². The van der Waals surface area contributed by atoms with Gasteiger partial charge in [0, 0.05) is 23.1 Å². The predicted octanol–water partition coefficient (Wildman–Crippen LogP) is 3.90. The molecule has 0 saturated heterocycles. The van der Waals surface area contributed by atoms with Crippen molar-refractivity contribution in [3.05, 3.63) is 95.5 Å². The molecule has 0 aliphatic heterocycles. The van der Waals surface area contributed by atoms with Gasteiger partial charge in [0.05, 0.1) is 22.5 Å². The van der Waals surface area contributed by atoms with Gasteiger partial charge in [0.15, 0.2) is 0 Å². The van der Waals surface area contributed by atoms with Crippen LogP contribution in [0.5, 0.6) is 0 Å². The van der Waals surface area contributed by atoms with Crippen LogP contribution < -0.4 is 4.73 Å². The van der Waals surface area contributed by atoms with Crippen LogP contribution in [-0.4, -0.2) is 21.5 Å². The van der Waals surface area contributed by atoms with Crippen molar-refractivity contribution in [2.24, 2.45) is 0 Å². The van der Waals surface area contributed by atoms with E-state index >= 15 is 0 Å². The summed E-state index contributed by atoms with van der Waals surface area (Å²) in [6.07, 6.45) is 0. The second-order valence-electron chi connectivity index (χ2n) is 6.73. The number of hydrogen-bond donors (Lipinski definition) is 0. The second-order valence-corrected chi connectivity index (χ2v) is 8.65. The van der Waals surface area contributed by atoms with E-state index in [9.17, 15) is 22.8 Å². The van der Waals surface area contributed by atoms with Crippen molar-refractivity contribution in [2.45, 2.75) is 9.79 Å². The molecule has 0 unspecified atom stereocenters. The molecule has 156 valence electrons. The number of nitrogens with zero attached hydrogens (tertiary/aromatic N) is 1. The lowest BCUT2D eigenvalue weighted by Gasteiger charge is -2.11. The van der Waals surface area contributed by atoms with E-state index in [4.69, 9.17) is 0 Å². The maximum atomic E-state index is 13.2. The molecular formula is C23H16FNO5S. The number of methoxy groups -OCH3 is 1. The summed E-state index contributed by atoms with van der Waals surface area (Å²) in [6.45, 7) is 0. The molecule has 0 saturated carbocycles. The minimum Gasteiger partial charge on any atom is -0.618 e. The number of halogens is 1. The molecule has 0 bridgehead atoms. The fourth-order valence-corrected chi connectivity index (χ4v) is 4.81. The van der Waals surface area contributed by atoms with Crippen molar-refractivity contribution in [1.82, 2.24) is 0 Å². The summed E-state index contributed by atoms with van der Waals surface area (Å²) in [6, 6.07) is 18.5. The number of hydrogen-bond acceptors (Lipinski definition) is 5. The van der Waals surface area contributed by atoms with Crippen LogP contribution in [0.4, 0.5) is 4.39 Å².